The number of rotatable bonds is 13. The molecule has 0 aliphatic rings. The molecule has 4 aromatic carbocycles. The zero-order chi connectivity index (χ0) is 31.9. The summed E-state index contributed by atoms with van der Waals surface area (Å²) in [6, 6.07) is 22.4. The highest BCUT2D eigenvalue weighted by Gasteiger charge is 2.31. The lowest BCUT2D eigenvalue weighted by atomic mass is 10.0. The lowest BCUT2D eigenvalue weighted by Crippen LogP contribution is -2.55. The van der Waals surface area contributed by atoms with E-state index in [0.717, 1.165) is 5.69 Å². The number of nitrogens with zero attached hydrogens (tertiary/aromatic N) is 1. The molecule has 4 aromatic rings. The van der Waals surface area contributed by atoms with Crippen molar-refractivity contribution in [3.8, 4) is 5.75 Å². The molecule has 0 fully saturated rings. The summed E-state index contributed by atoms with van der Waals surface area (Å²) in [7, 11) is -0.591. The second-order valence-electron chi connectivity index (χ2n) is 10.4. The molecule has 44 heavy (non-hydrogen) atoms. The number of benzene rings is 4. The van der Waals surface area contributed by atoms with Crippen LogP contribution in [0.3, 0.4) is 0 Å². The topological polar surface area (TPSA) is 165 Å². The minimum atomic E-state index is -4.30. The molecular weight excluding hydrogens is 584 g/mol. The number of anilines is 1. The van der Waals surface area contributed by atoms with E-state index in [1.54, 1.807) is 60.7 Å². The van der Waals surface area contributed by atoms with Crippen LogP contribution in [0.2, 0.25) is 0 Å². The fraction of sp³-hybridized carbons (Fsp3) is 0.219. The van der Waals surface area contributed by atoms with Crippen molar-refractivity contribution in [3.05, 3.63) is 102 Å². The lowest BCUT2D eigenvalue weighted by Gasteiger charge is -2.24. The highest BCUT2D eigenvalue weighted by Crippen LogP contribution is 2.30. The molecule has 0 aliphatic carbocycles. The molecule has 2 atom stereocenters. The zero-order valence-corrected chi connectivity index (χ0v) is 25.0. The number of carbonyl (C=O) groups is 3. The van der Waals surface area contributed by atoms with Crippen LogP contribution in [0.25, 0.3) is 10.8 Å². The Kier molecular flexibility index (Phi) is 10.2. The average Bonchev–Trinajstić information content (AvgIpc) is 2.99. The van der Waals surface area contributed by atoms with E-state index >= 15 is 0 Å². The first-order valence-corrected chi connectivity index (χ1v) is 15.3. The van der Waals surface area contributed by atoms with E-state index in [0.29, 0.717) is 21.9 Å². The average molecular weight is 619 g/mol. The number of phenolic OH excluding ortho intramolecular Hbond substituents is 1. The Morgan fingerprint density at radius 3 is 2.02 bits per heavy atom. The predicted octanol–water partition coefficient (Wildman–Crippen LogP) is 2.43. The Balaban J connectivity index is 1.68. The summed E-state index contributed by atoms with van der Waals surface area (Å²) in [6.45, 7) is -0.653. The third-order valence-corrected chi connectivity index (χ3v) is 8.48. The summed E-state index contributed by atoms with van der Waals surface area (Å²) < 4.78 is 30.3. The van der Waals surface area contributed by atoms with Crippen LogP contribution in [0.1, 0.15) is 11.1 Å². The summed E-state index contributed by atoms with van der Waals surface area (Å²) in [6.07, 6.45) is -0.0682. The van der Waals surface area contributed by atoms with Gasteiger partial charge < -0.3 is 25.7 Å². The van der Waals surface area contributed by atoms with Gasteiger partial charge in [0.2, 0.25) is 21.8 Å². The molecule has 5 N–H and O–H groups in total. The monoisotopic (exact) mass is 618 g/mol. The highest BCUT2D eigenvalue weighted by atomic mass is 32.2. The van der Waals surface area contributed by atoms with E-state index in [-0.39, 0.29) is 23.5 Å². The molecule has 12 heteroatoms. The third-order valence-electron chi connectivity index (χ3n) is 6.95. The molecule has 0 saturated heterocycles. The summed E-state index contributed by atoms with van der Waals surface area (Å²) in [5.74, 6) is -2.78. The van der Waals surface area contributed by atoms with Crippen molar-refractivity contribution in [1.82, 2.24) is 15.4 Å². The smallest absolute Gasteiger partial charge is 0.322 e. The number of phenols is 1. The summed E-state index contributed by atoms with van der Waals surface area (Å²) in [5.41, 5.74) is 2.06. The van der Waals surface area contributed by atoms with Crippen LogP contribution in [-0.2, 0) is 37.2 Å². The van der Waals surface area contributed by atoms with Gasteiger partial charge in [-0.2, -0.15) is 4.72 Å². The first-order chi connectivity index (χ1) is 20.9. The highest BCUT2D eigenvalue weighted by molar-refractivity contribution is 7.89. The maximum atomic E-state index is 13.9. The van der Waals surface area contributed by atoms with Crippen molar-refractivity contribution in [2.24, 2.45) is 0 Å². The van der Waals surface area contributed by atoms with Gasteiger partial charge >= 0.3 is 5.97 Å². The second kappa shape index (κ2) is 14.0. The van der Waals surface area contributed by atoms with Crippen molar-refractivity contribution in [2.75, 3.05) is 25.5 Å². The number of aliphatic carboxylic acids is 1. The van der Waals surface area contributed by atoms with Crippen molar-refractivity contribution in [1.29, 1.82) is 0 Å². The van der Waals surface area contributed by atoms with Crippen LogP contribution in [0, 0.1) is 0 Å². The number of sulfonamides is 1. The zero-order valence-electron chi connectivity index (χ0n) is 24.2. The van der Waals surface area contributed by atoms with E-state index in [2.05, 4.69) is 15.4 Å². The molecule has 230 valence electrons. The molecule has 0 radical (unpaired) electrons. The molecule has 0 saturated carbocycles. The van der Waals surface area contributed by atoms with Crippen LogP contribution in [0.4, 0.5) is 5.69 Å². The molecule has 0 spiro atoms. The van der Waals surface area contributed by atoms with Crippen molar-refractivity contribution < 1.29 is 33.0 Å². The quantitative estimate of drug-likeness (QED) is 0.152. The summed E-state index contributed by atoms with van der Waals surface area (Å²) in [5, 5.41) is 24.9. The Morgan fingerprint density at radius 2 is 1.36 bits per heavy atom. The fourth-order valence-corrected chi connectivity index (χ4v) is 6.23. The van der Waals surface area contributed by atoms with E-state index in [1.807, 2.05) is 31.1 Å². The molecule has 4 rings (SSSR count). The molecule has 2 amide bonds. The van der Waals surface area contributed by atoms with Crippen LogP contribution < -0.4 is 20.3 Å². The summed E-state index contributed by atoms with van der Waals surface area (Å²) >= 11 is 0. The number of hydrogen-bond acceptors (Lipinski definition) is 7. The van der Waals surface area contributed by atoms with Crippen molar-refractivity contribution in [3.63, 3.8) is 0 Å². The lowest BCUT2D eigenvalue weighted by molar-refractivity contribution is -0.138. The van der Waals surface area contributed by atoms with Gasteiger partial charge in [0.1, 0.15) is 24.4 Å². The van der Waals surface area contributed by atoms with Crippen LogP contribution in [0.5, 0.6) is 5.75 Å². The third kappa shape index (κ3) is 8.12. The van der Waals surface area contributed by atoms with Gasteiger partial charge in [-0.1, -0.05) is 66.7 Å². The van der Waals surface area contributed by atoms with E-state index in [9.17, 15) is 27.9 Å². The molecule has 0 aliphatic heterocycles. The number of nitrogens with one attached hydrogen (secondary N) is 3. The number of aromatic hydroxyl groups is 1. The molecule has 11 nitrogen and oxygen atoms in total. The normalized spacial score (nSPS) is 12.7. The number of hydrogen-bond donors (Lipinski definition) is 5. The number of carboxylic acid groups (broad SMARTS) is 1. The molecule has 0 heterocycles. The molecule has 0 aromatic heterocycles. The van der Waals surface area contributed by atoms with Gasteiger partial charge in [0.25, 0.3) is 0 Å². The number of amides is 2. The molecule has 0 bridgehead atoms. The SMILES string of the molecule is CN(C)c1cccc2c(S(=O)(=O)N[C@H](Cc3ccc(O)cc3)C(=O)N[C@@H](Cc3ccccc3)C(=O)NCC(=O)O)cccc12. The van der Waals surface area contributed by atoms with Crippen molar-refractivity contribution >= 4 is 44.3 Å². The number of carbonyl (C=O) groups excluding carboxylic acids is 2. The maximum Gasteiger partial charge on any atom is 0.322 e. The number of fused-ring (bicyclic) bond motifs is 1. The van der Waals surface area contributed by atoms with Crippen LogP contribution in [-0.4, -0.2) is 69.1 Å². The Morgan fingerprint density at radius 1 is 0.750 bits per heavy atom. The molecular formula is C32H34N4O7S. The van der Waals surface area contributed by atoms with Gasteiger partial charge in [-0.15, -0.1) is 0 Å². The van der Waals surface area contributed by atoms with Crippen LogP contribution >= 0.6 is 0 Å². The minimum Gasteiger partial charge on any atom is -0.508 e. The van der Waals surface area contributed by atoms with Gasteiger partial charge in [-0.3, -0.25) is 14.4 Å². The predicted molar refractivity (Wildman–Crippen MR) is 167 cm³/mol. The fourth-order valence-electron chi connectivity index (χ4n) is 4.81. The standard InChI is InChI=1S/C32H34N4O7S/c1-36(2)28-12-6-11-25-24(28)10-7-13-29(25)44(42,43)35-27(19-22-14-16-23(37)17-15-22)32(41)34-26(31(40)33-20-30(38)39)18-21-8-4-3-5-9-21/h3-17,26-27,35,37H,18-20H2,1-2H3,(H,33,40)(H,34,41)(H,38,39)/t26-,27+/m0/s1. The van der Waals surface area contributed by atoms with Gasteiger partial charge in [0.05, 0.1) is 4.90 Å². The summed E-state index contributed by atoms with van der Waals surface area (Å²) in [4.78, 5) is 39.7. The maximum absolute atomic E-state index is 13.9. The first-order valence-electron chi connectivity index (χ1n) is 13.8. The van der Waals surface area contributed by atoms with E-state index in [1.165, 1.54) is 18.2 Å². The van der Waals surface area contributed by atoms with E-state index in [4.69, 9.17) is 5.11 Å². The second-order valence-corrected chi connectivity index (χ2v) is 12.1. The van der Waals surface area contributed by atoms with Crippen LogP contribution in [0.15, 0.2) is 95.9 Å². The van der Waals surface area contributed by atoms with Gasteiger partial charge in [0, 0.05) is 37.0 Å². The Labute approximate surface area is 255 Å². The number of carboxylic acids is 1. The first kappa shape index (κ1) is 32.0. The Bertz CT molecular complexity index is 1740. The Hall–Kier alpha value is -4.94. The minimum absolute atomic E-state index is 0.000751. The largest absolute Gasteiger partial charge is 0.508 e. The van der Waals surface area contributed by atoms with Gasteiger partial charge in [0.15, 0.2) is 0 Å². The van der Waals surface area contributed by atoms with Crippen molar-refractivity contribution in [2.45, 2.75) is 29.8 Å². The molecule has 0 unspecified atom stereocenters. The van der Waals surface area contributed by atoms with Gasteiger partial charge in [-0.25, -0.2) is 8.42 Å². The van der Waals surface area contributed by atoms with Gasteiger partial charge in [-0.05, 0) is 41.8 Å². The van der Waals surface area contributed by atoms with E-state index < -0.39 is 46.4 Å².